The van der Waals surface area contributed by atoms with E-state index in [-0.39, 0.29) is 22.0 Å². The lowest BCUT2D eigenvalue weighted by atomic mass is 10.0. The van der Waals surface area contributed by atoms with Gasteiger partial charge in [-0.25, -0.2) is 9.98 Å². The van der Waals surface area contributed by atoms with Gasteiger partial charge in [-0.2, -0.15) is 0 Å². The van der Waals surface area contributed by atoms with Gasteiger partial charge in [0.1, 0.15) is 11.1 Å². The van der Waals surface area contributed by atoms with Crippen LogP contribution in [0.15, 0.2) is 102 Å². The van der Waals surface area contributed by atoms with E-state index in [0.717, 1.165) is 5.39 Å². The Labute approximate surface area is 215 Å². The Morgan fingerprint density at radius 1 is 0.658 bits per heavy atom. The largest absolute Gasteiger partial charge is 0.321 e. The number of carbonyl (C=O) groups excluding carboxylic acids is 4. The molecule has 1 aromatic heterocycles. The van der Waals surface area contributed by atoms with Crippen LogP contribution in [0.2, 0.25) is 0 Å². The first-order chi connectivity index (χ1) is 18.5. The van der Waals surface area contributed by atoms with Crippen LogP contribution in [0.5, 0.6) is 0 Å². The number of ketones is 1. The molecule has 1 aliphatic rings. The summed E-state index contributed by atoms with van der Waals surface area (Å²) < 4.78 is 0. The fourth-order valence-electron chi connectivity index (χ4n) is 4.42. The third-order valence-corrected chi connectivity index (χ3v) is 6.23. The first-order valence-corrected chi connectivity index (χ1v) is 11.8. The highest BCUT2D eigenvalue weighted by Gasteiger charge is 2.28. The Morgan fingerprint density at radius 2 is 1.26 bits per heavy atom. The molecule has 2 heterocycles. The number of anilines is 1. The molecule has 1 aliphatic heterocycles. The summed E-state index contributed by atoms with van der Waals surface area (Å²) in [5.74, 6) is -3.04. The molecule has 4 aromatic carbocycles. The van der Waals surface area contributed by atoms with Gasteiger partial charge in [-0.05, 0) is 42.5 Å². The summed E-state index contributed by atoms with van der Waals surface area (Å²) >= 11 is 0. The van der Waals surface area contributed by atoms with Crippen LogP contribution in [0, 0.1) is 0 Å². The number of hydrogen-bond acceptors (Lipinski definition) is 5. The van der Waals surface area contributed by atoms with Gasteiger partial charge in [0.2, 0.25) is 0 Å². The molecular weight excluding hydrogens is 480 g/mol. The van der Waals surface area contributed by atoms with Crippen molar-refractivity contribution in [3.05, 3.63) is 119 Å². The topological polar surface area (TPSA) is 118 Å². The van der Waals surface area contributed by atoms with Crippen LogP contribution in [0.1, 0.15) is 20.7 Å². The molecule has 0 bridgehead atoms. The Hall–Kier alpha value is -5.50. The second-order valence-electron chi connectivity index (χ2n) is 8.66. The Balaban J connectivity index is 1.65. The van der Waals surface area contributed by atoms with E-state index in [9.17, 15) is 19.2 Å². The van der Waals surface area contributed by atoms with Crippen molar-refractivity contribution in [3.63, 3.8) is 0 Å². The number of Topliss-reactive ketones (excluding diaryl/α,β-unsaturated/α-hetero) is 1. The van der Waals surface area contributed by atoms with Crippen LogP contribution in [0.4, 0.5) is 5.69 Å². The molecule has 38 heavy (non-hydrogen) atoms. The van der Waals surface area contributed by atoms with Gasteiger partial charge < -0.3 is 10.6 Å². The predicted molar refractivity (Wildman–Crippen MR) is 142 cm³/mol. The number of pyridine rings is 1. The lowest BCUT2D eigenvalue weighted by molar-refractivity contribution is -0.133. The van der Waals surface area contributed by atoms with Crippen LogP contribution in [0.25, 0.3) is 27.5 Å². The smallest absolute Gasteiger partial charge is 0.320 e. The molecule has 0 saturated heterocycles. The summed E-state index contributed by atoms with van der Waals surface area (Å²) in [6.07, 6.45) is 0. The summed E-state index contributed by atoms with van der Waals surface area (Å²) in [6, 6.07) is 27.8. The average Bonchev–Trinajstić information content (AvgIpc) is 2.95. The zero-order valence-electron chi connectivity index (χ0n) is 19.8. The fraction of sp³-hybridized carbons (Fsp3) is 0. The van der Waals surface area contributed by atoms with Crippen molar-refractivity contribution in [2.45, 2.75) is 0 Å². The maximum Gasteiger partial charge on any atom is 0.320 e. The predicted octanol–water partition coefficient (Wildman–Crippen LogP) is 2.91. The van der Waals surface area contributed by atoms with E-state index in [1.165, 1.54) is 0 Å². The molecule has 0 unspecified atom stereocenters. The van der Waals surface area contributed by atoms with E-state index in [1.807, 2.05) is 30.3 Å². The van der Waals surface area contributed by atoms with E-state index < -0.39 is 23.5 Å². The maximum atomic E-state index is 13.1. The molecule has 0 radical (unpaired) electrons. The van der Waals surface area contributed by atoms with Gasteiger partial charge in [0.15, 0.2) is 0 Å². The highest BCUT2D eigenvalue weighted by Crippen LogP contribution is 2.20. The van der Waals surface area contributed by atoms with Crippen molar-refractivity contribution in [1.29, 1.82) is 0 Å². The zero-order valence-corrected chi connectivity index (χ0v) is 19.8. The maximum absolute atomic E-state index is 13.1. The van der Waals surface area contributed by atoms with Crippen molar-refractivity contribution in [3.8, 4) is 0 Å². The van der Waals surface area contributed by atoms with Crippen molar-refractivity contribution in [2.75, 3.05) is 5.32 Å². The van der Waals surface area contributed by atoms with Crippen molar-refractivity contribution < 1.29 is 19.2 Å². The van der Waals surface area contributed by atoms with E-state index in [0.29, 0.717) is 27.5 Å². The molecule has 3 amide bonds. The minimum Gasteiger partial charge on any atom is -0.321 e. The summed E-state index contributed by atoms with van der Waals surface area (Å²) in [4.78, 5) is 60.8. The first-order valence-electron chi connectivity index (χ1n) is 11.8. The van der Waals surface area contributed by atoms with Crippen LogP contribution < -0.4 is 21.2 Å². The molecule has 0 atom stereocenters. The van der Waals surface area contributed by atoms with Crippen molar-refractivity contribution in [1.82, 2.24) is 10.3 Å². The van der Waals surface area contributed by atoms with Gasteiger partial charge in [-0.3, -0.25) is 19.2 Å². The third kappa shape index (κ3) is 4.00. The minimum atomic E-state index is -1.04. The number of benzene rings is 4. The second kappa shape index (κ2) is 9.18. The number of amides is 3. The molecule has 5 aromatic rings. The number of nitrogens with zero attached hydrogens (tertiary/aromatic N) is 2. The van der Waals surface area contributed by atoms with Crippen LogP contribution in [-0.2, 0) is 9.59 Å². The number of nitrogens with one attached hydrogen (secondary N) is 2. The molecule has 0 aliphatic carbocycles. The van der Waals surface area contributed by atoms with Gasteiger partial charge >= 0.3 is 5.91 Å². The quantitative estimate of drug-likeness (QED) is 0.292. The first kappa shape index (κ1) is 22.9. The van der Waals surface area contributed by atoms with Gasteiger partial charge in [0, 0.05) is 21.9 Å². The highest BCUT2D eigenvalue weighted by molar-refractivity contribution is 6.52. The molecule has 8 nitrogen and oxygen atoms in total. The molecule has 2 N–H and O–H groups in total. The Kier molecular flexibility index (Phi) is 5.54. The number of hydrogen-bond donors (Lipinski definition) is 2. The lowest BCUT2D eigenvalue weighted by Gasteiger charge is -2.16. The number of para-hydroxylation sites is 1. The Bertz CT molecular complexity index is 1930. The van der Waals surface area contributed by atoms with Crippen LogP contribution in [0.3, 0.4) is 0 Å². The molecule has 0 saturated carbocycles. The molecule has 6 rings (SSSR count). The number of fused-ring (bicyclic) bond motifs is 4. The number of carbonyl (C=O) groups is 4. The summed E-state index contributed by atoms with van der Waals surface area (Å²) in [6.45, 7) is 0. The second-order valence-corrected chi connectivity index (χ2v) is 8.66. The van der Waals surface area contributed by atoms with Gasteiger partial charge in [-0.1, -0.05) is 54.6 Å². The molecule has 182 valence electrons. The SMILES string of the molecule is O=C1N=c2c(c(NC(=O)c3ccccc3)cc3cc4ccccc4nc23)=C(NC(=O)c2ccccc2)C1=O. The standard InChI is InChI=1S/C30H18N4O4/c35-27-26(34-29(37)18-11-5-2-6-12-18)23-22(32-28(36)17-9-3-1-4-10-17)16-20-15-19-13-7-8-14-21(19)31-24(20)25(23)33-30(27)38/h1-16H,(H,32,36)(H,34,37). The Morgan fingerprint density at radius 3 is 1.95 bits per heavy atom. The van der Waals surface area contributed by atoms with Crippen molar-refractivity contribution in [2.24, 2.45) is 4.99 Å². The van der Waals surface area contributed by atoms with E-state index in [1.54, 1.807) is 66.7 Å². The zero-order chi connectivity index (χ0) is 26.2. The van der Waals surface area contributed by atoms with Gasteiger partial charge in [-0.15, -0.1) is 0 Å². The lowest BCUT2D eigenvalue weighted by Crippen LogP contribution is -2.46. The van der Waals surface area contributed by atoms with Gasteiger partial charge in [0.25, 0.3) is 17.6 Å². The monoisotopic (exact) mass is 498 g/mol. The summed E-state index contributed by atoms with van der Waals surface area (Å²) in [5.41, 5.74) is 1.66. The van der Waals surface area contributed by atoms with Gasteiger partial charge in [0.05, 0.1) is 21.9 Å². The van der Waals surface area contributed by atoms with E-state index in [4.69, 9.17) is 4.98 Å². The summed E-state index contributed by atoms with van der Waals surface area (Å²) in [7, 11) is 0. The molecule has 8 heteroatoms. The normalized spacial score (nSPS) is 12.7. The molecule has 0 spiro atoms. The summed E-state index contributed by atoms with van der Waals surface area (Å²) in [5, 5.41) is 7.11. The molecule has 0 fully saturated rings. The third-order valence-electron chi connectivity index (χ3n) is 6.23. The minimum absolute atomic E-state index is 0.101. The molecular formula is C30H18N4O4. The van der Waals surface area contributed by atoms with E-state index >= 15 is 0 Å². The van der Waals surface area contributed by atoms with E-state index in [2.05, 4.69) is 15.6 Å². The fourth-order valence-corrected chi connectivity index (χ4v) is 4.42. The van der Waals surface area contributed by atoms with Crippen LogP contribution >= 0.6 is 0 Å². The highest BCUT2D eigenvalue weighted by atomic mass is 16.2. The van der Waals surface area contributed by atoms with Crippen LogP contribution in [-0.4, -0.2) is 28.5 Å². The number of rotatable bonds is 4. The average molecular weight is 498 g/mol. The number of aromatic nitrogens is 1. The van der Waals surface area contributed by atoms with Crippen molar-refractivity contribution >= 4 is 56.7 Å².